The lowest BCUT2D eigenvalue weighted by Gasteiger charge is -2.35. The molecule has 112 valence electrons. The number of amides is 1. The Morgan fingerprint density at radius 2 is 2.16 bits per heavy atom. The predicted octanol–water partition coefficient (Wildman–Crippen LogP) is 2.30. The van der Waals surface area contributed by atoms with Crippen molar-refractivity contribution in [2.75, 3.05) is 32.6 Å². The fourth-order valence-corrected chi connectivity index (χ4v) is 2.97. The molecule has 1 aliphatic heterocycles. The lowest BCUT2D eigenvalue weighted by atomic mass is 9.91. The van der Waals surface area contributed by atoms with Crippen molar-refractivity contribution in [3.63, 3.8) is 0 Å². The molecular weight excluding hydrogens is 260 g/mol. The van der Waals surface area contributed by atoms with Crippen LogP contribution in [-0.4, -0.2) is 49.4 Å². The van der Waals surface area contributed by atoms with Gasteiger partial charge in [0.05, 0.1) is 6.04 Å². The van der Waals surface area contributed by atoms with Gasteiger partial charge in [-0.05, 0) is 58.5 Å². The smallest absolute Gasteiger partial charge is 0.246 e. The van der Waals surface area contributed by atoms with Gasteiger partial charge in [-0.1, -0.05) is 11.9 Å². The molecule has 1 fully saturated rings. The van der Waals surface area contributed by atoms with Gasteiger partial charge in [0.25, 0.3) is 0 Å². The molecule has 0 spiro atoms. The largest absolute Gasteiger partial charge is 0.382 e. The van der Waals surface area contributed by atoms with E-state index in [4.69, 9.17) is 4.74 Å². The molecule has 1 atom stereocenters. The maximum Gasteiger partial charge on any atom is 0.246 e. The molecule has 1 aliphatic rings. The third kappa shape index (κ3) is 6.15. The lowest BCUT2D eigenvalue weighted by Crippen LogP contribution is -2.46. The summed E-state index contributed by atoms with van der Waals surface area (Å²) >= 11 is 1.38. The second-order valence-corrected chi connectivity index (χ2v) is 5.78. The monoisotopic (exact) mass is 288 g/mol. The molecule has 1 unspecified atom stereocenters. The molecule has 5 heteroatoms. The summed E-state index contributed by atoms with van der Waals surface area (Å²) in [5, 5.41) is 0. The van der Waals surface area contributed by atoms with E-state index in [9.17, 15) is 4.79 Å². The number of likely N-dealkylation sites (tertiary alicyclic amines) is 1. The van der Waals surface area contributed by atoms with Crippen molar-refractivity contribution in [3.05, 3.63) is 0 Å². The molecule has 0 aromatic rings. The van der Waals surface area contributed by atoms with Crippen LogP contribution in [0.1, 0.15) is 39.5 Å². The highest BCUT2D eigenvalue weighted by atomic mass is 32.2. The van der Waals surface area contributed by atoms with Gasteiger partial charge in [-0.15, -0.1) is 0 Å². The molecule has 0 aliphatic carbocycles. The molecule has 1 N–H and O–H groups in total. The van der Waals surface area contributed by atoms with Crippen LogP contribution in [0.4, 0.5) is 0 Å². The first-order valence-electron chi connectivity index (χ1n) is 7.33. The van der Waals surface area contributed by atoms with Crippen LogP contribution in [0.25, 0.3) is 0 Å². The average molecular weight is 288 g/mol. The Bertz CT molecular complexity index is 256. The van der Waals surface area contributed by atoms with E-state index < -0.39 is 0 Å². The second-order valence-electron chi connectivity index (χ2n) is 5.16. The van der Waals surface area contributed by atoms with Gasteiger partial charge in [0, 0.05) is 19.5 Å². The lowest BCUT2D eigenvalue weighted by molar-refractivity contribution is -0.124. The standard InChI is InChI=1S/C14H28N2O2S/c1-4-18-11-5-6-13-7-9-16(10-8-13)12(2)14(17)15-19-3/h12-13H,4-11H2,1-3H3,(H,15,17). The molecule has 1 saturated heterocycles. The van der Waals surface area contributed by atoms with Gasteiger partial charge in [-0.25, -0.2) is 0 Å². The molecule has 19 heavy (non-hydrogen) atoms. The third-order valence-electron chi connectivity index (χ3n) is 3.88. The SMILES string of the molecule is CCOCCCC1CCN(C(C)C(=O)NSC)CC1. The number of ether oxygens (including phenoxy) is 1. The van der Waals surface area contributed by atoms with Crippen molar-refractivity contribution in [2.45, 2.75) is 45.6 Å². The van der Waals surface area contributed by atoms with E-state index in [0.29, 0.717) is 0 Å². The summed E-state index contributed by atoms with van der Waals surface area (Å²) in [5.41, 5.74) is 0. The Morgan fingerprint density at radius 1 is 1.47 bits per heavy atom. The Hall–Kier alpha value is -0.260. The van der Waals surface area contributed by atoms with Crippen molar-refractivity contribution in [2.24, 2.45) is 5.92 Å². The van der Waals surface area contributed by atoms with E-state index in [-0.39, 0.29) is 11.9 Å². The number of carbonyl (C=O) groups excluding carboxylic acids is 1. The molecule has 0 radical (unpaired) electrons. The van der Waals surface area contributed by atoms with Gasteiger partial charge in [0.1, 0.15) is 0 Å². The quantitative estimate of drug-likeness (QED) is 0.550. The second kappa shape index (κ2) is 9.61. The maximum absolute atomic E-state index is 11.8. The molecule has 0 aromatic heterocycles. The zero-order valence-corrected chi connectivity index (χ0v) is 13.3. The Kier molecular flexibility index (Phi) is 8.50. The van der Waals surface area contributed by atoms with Gasteiger partial charge in [0.15, 0.2) is 0 Å². The van der Waals surface area contributed by atoms with Crippen LogP contribution >= 0.6 is 11.9 Å². The minimum atomic E-state index is -0.00294. The highest BCUT2D eigenvalue weighted by molar-refractivity contribution is 7.97. The molecule has 1 rings (SSSR count). The molecule has 1 heterocycles. The molecule has 0 aromatic carbocycles. The number of hydrogen-bond acceptors (Lipinski definition) is 4. The minimum absolute atomic E-state index is 0.00294. The number of piperidine rings is 1. The van der Waals surface area contributed by atoms with E-state index in [1.54, 1.807) is 0 Å². The summed E-state index contributed by atoms with van der Waals surface area (Å²) in [5.74, 6) is 0.940. The Labute approximate surface area is 121 Å². The first kappa shape index (κ1) is 16.8. The Morgan fingerprint density at radius 3 is 2.74 bits per heavy atom. The number of carbonyl (C=O) groups is 1. The van der Waals surface area contributed by atoms with Crippen LogP contribution in [-0.2, 0) is 9.53 Å². The van der Waals surface area contributed by atoms with Crippen LogP contribution < -0.4 is 4.72 Å². The fourth-order valence-electron chi connectivity index (χ4n) is 2.60. The number of hydrogen-bond donors (Lipinski definition) is 1. The van der Waals surface area contributed by atoms with Gasteiger partial charge >= 0.3 is 0 Å². The van der Waals surface area contributed by atoms with E-state index >= 15 is 0 Å². The van der Waals surface area contributed by atoms with Crippen molar-refractivity contribution in [3.8, 4) is 0 Å². The number of nitrogens with zero attached hydrogens (tertiary/aromatic N) is 1. The zero-order chi connectivity index (χ0) is 14.1. The Balaban J connectivity index is 2.19. The van der Waals surface area contributed by atoms with Gasteiger partial charge in [-0.2, -0.15) is 0 Å². The van der Waals surface area contributed by atoms with E-state index in [0.717, 1.165) is 32.2 Å². The number of nitrogens with one attached hydrogen (secondary N) is 1. The van der Waals surface area contributed by atoms with Crippen LogP contribution in [0.3, 0.4) is 0 Å². The van der Waals surface area contributed by atoms with Crippen molar-refractivity contribution < 1.29 is 9.53 Å². The predicted molar refractivity (Wildman–Crippen MR) is 81.1 cm³/mol. The van der Waals surface area contributed by atoms with Crippen LogP contribution in [0.2, 0.25) is 0 Å². The normalized spacial score (nSPS) is 19.3. The van der Waals surface area contributed by atoms with Gasteiger partial charge < -0.3 is 4.74 Å². The summed E-state index contributed by atoms with van der Waals surface area (Å²) in [7, 11) is 0. The summed E-state index contributed by atoms with van der Waals surface area (Å²) < 4.78 is 8.20. The summed E-state index contributed by atoms with van der Waals surface area (Å²) in [6.07, 6.45) is 6.74. The molecule has 1 amide bonds. The van der Waals surface area contributed by atoms with E-state index in [1.165, 1.54) is 37.6 Å². The summed E-state index contributed by atoms with van der Waals surface area (Å²) in [4.78, 5) is 14.1. The topological polar surface area (TPSA) is 41.6 Å². The minimum Gasteiger partial charge on any atom is -0.382 e. The van der Waals surface area contributed by atoms with Crippen LogP contribution in [0.15, 0.2) is 0 Å². The molecule has 0 bridgehead atoms. The molecule has 0 saturated carbocycles. The van der Waals surface area contributed by atoms with Crippen molar-refractivity contribution in [1.82, 2.24) is 9.62 Å². The highest BCUT2D eigenvalue weighted by Crippen LogP contribution is 2.23. The highest BCUT2D eigenvalue weighted by Gasteiger charge is 2.26. The van der Waals surface area contributed by atoms with E-state index in [1.807, 2.05) is 20.1 Å². The van der Waals surface area contributed by atoms with Crippen molar-refractivity contribution in [1.29, 1.82) is 0 Å². The fraction of sp³-hybridized carbons (Fsp3) is 0.929. The van der Waals surface area contributed by atoms with Gasteiger partial charge in [0.2, 0.25) is 5.91 Å². The third-order valence-corrected chi connectivity index (χ3v) is 4.29. The summed E-state index contributed by atoms with van der Waals surface area (Å²) in [6.45, 7) is 7.84. The maximum atomic E-state index is 11.8. The molecular formula is C14H28N2O2S. The average Bonchev–Trinajstić information content (AvgIpc) is 2.44. The summed E-state index contributed by atoms with van der Waals surface area (Å²) in [6, 6.07) is -0.00294. The number of rotatable bonds is 8. The van der Waals surface area contributed by atoms with Crippen LogP contribution in [0.5, 0.6) is 0 Å². The first-order chi connectivity index (χ1) is 9.19. The van der Waals surface area contributed by atoms with Gasteiger partial charge in [-0.3, -0.25) is 14.4 Å². The van der Waals surface area contributed by atoms with Crippen molar-refractivity contribution >= 4 is 17.9 Å². The first-order valence-corrected chi connectivity index (χ1v) is 8.56. The van der Waals surface area contributed by atoms with E-state index in [2.05, 4.69) is 9.62 Å². The van der Waals surface area contributed by atoms with Crippen LogP contribution in [0, 0.1) is 5.92 Å². The zero-order valence-electron chi connectivity index (χ0n) is 12.5. The molecule has 4 nitrogen and oxygen atoms in total.